The number of phenolic OH excluding ortho intramolecular Hbond substituents is 3. The van der Waals surface area contributed by atoms with Gasteiger partial charge >= 0.3 is 0 Å². The maximum Gasteiger partial charge on any atom is 0.238 e. The van der Waals surface area contributed by atoms with E-state index in [4.69, 9.17) is 4.42 Å². The van der Waals surface area contributed by atoms with Gasteiger partial charge in [0.25, 0.3) is 0 Å². The molecule has 8 nitrogen and oxygen atoms in total. The van der Waals surface area contributed by atoms with E-state index in [1.54, 1.807) is 6.92 Å². The first-order chi connectivity index (χ1) is 13.3. The zero-order valence-electron chi connectivity index (χ0n) is 14.8. The molecule has 2 aromatic carbocycles. The zero-order chi connectivity index (χ0) is 20.2. The minimum atomic E-state index is -0.875. The number of nitrogens with one attached hydrogen (secondary N) is 1. The Kier molecular flexibility index (Phi) is 3.92. The minimum Gasteiger partial charge on any atom is -0.508 e. The molecule has 8 heteroatoms. The van der Waals surface area contributed by atoms with Gasteiger partial charge in [0.2, 0.25) is 17.1 Å². The lowest BCUT2D eigenvalue weighted by Crippen LogP contribution is -2.21. The molecule has 2 heterocycles. The maximum atomic E-state index is 12.7. The third-order valence-corrected chi connectivity index (χ3v) is 4.97. The van der Waals surface area contributed by atoms with Crippen LogP contribution in [-0.4, -0.2) is 26.3 Å². The summed E-state index contributed by atoms with van der Waals surface area (Å²) in [4.78, 5) is 24.6. The SMILES string of the molecule is CC1CC(c2c(O)cc(O)c3c(=O)c(O)c(-c4ccc(O)cc4)oc23)NC1=O. The van der Waals surface area contributed by atoms with E-state index < -0.39 is 23.0 Å². The summed E-state index contributed by atoms with van der Waals surface area (Å²) in [5, 5.41) is 42.8. The van der Waals surface area contributed by atoms with E-state index in [1.165, 1.54) is 24.3 Å². The van der Waals surface area contributed by atoms with Crippen LogP contribution in [0.5, 0.6) is 23.0 Å². The summed E-state index contributed by atoms with van der Waals surface area (Å²) in [5.41, 5.74) is -0.530. The molecule has 1 aliphatic heterocycles. The van der Waals surface area contributed by atoms with Gasteiger partial charge in [-0.25, -0.2) is 0 Å². The molecule has 0 bridgehead atoms. The Bertz CT molecular complexity index is 1160. The standard InChI is InChI=1S/C20H17NO7/c1-8-6-11(21-20(8)27)14-12(23)7-13(24)15-16(25)17(26)18(28-19(14)15)9-2-4-10(22)5-3-9/h2-5,7-8,11,22-24,26H,6H2,1H3,(H,21,27). The molecule has 5 N–H and O–H groups in total. The summed E-state index contributed by atoms with van der Waals surface area (Å²) in [6.07, 6.45) is 0.366. The molecule has 2 unspecified atom stereocenters. The lowest BCUT2D eigenvalue weighted by Gasteiger charge is -2.16. The predicted octanol–water partition coefficient (Wildman–Crippen LogP) is 2.48. The Labute approximate surface area is 158 Å². The summed E-state index contributed by atoms with van der Waals surface area (Å²) < 4.78 is 5.77. The normalized spacial score (nSPS) is 19.1. The summed E-state index contributed by atoms with van der Waals surface area (Å²) in [7, 11) is 0. The molecular formula is C20H17NO7. The Hall–Kier alpha value is -3.68. The Balaban J connectivity index is 2.04. The van der Waals surface area contributed by atoms with Crippen molar-refractivity contribution in [3.8, 4) is 34.3 Å². The molecular weight excluding hydrogens is 366 g/mol. The van der Waals surface area contributed by atoms with Gasteiger partial charge in [-0.05, 0) is 30.7 Å². The van der Waals surface area contributed by atoms with Crippen LogP contribution in [0.2, 0.25) is 0 Å². The largest absolute Gasteiger partial charge is 0.508 e. The quantitative estimate of drug-likeness (QED) is 0.458. The molecule has 0 radical (unpaired) electrons. The van der Waals surface area contributed by atoms with Crippen molar-refractivity contribution >= 4 is 16.9 Å². The number of amides is 1. The van der Waals surface area contributed by atoms with Crippen LogP contribution in [0.25, 0.3) is 22.3 Å². The van der Waals surface area contributed by atoms with E-state index in [-0.39, 0.29) is 45.6 Å². The second-order valence-corrected chi connectivity index (χ2v) is 6.89. The number of fused-ring (bicyclic) bond motifs is 1. The summed E-state index contributed by atoms with van der Waals surface area (Å²) in [6.45, 7) is 1.73. The number of hydrogen-bond donors (Lipinski definition) is 5. The van der Waals surface area contributed by atoms with Gasteiger partial charge in [-0.2, -0.15) is 0 Å². The molecule has 3 aromatic rings. The van der Waals surface area contributed by atoms with Gasteiger partial charge in [-0.3, -0.25) is 9.59 Å². The summed E-state index contributed by atoms with van der Waals surface area (Å²) >= 11 is 0. The summed E-state index contributed by atoms with van der Waals surface area (Å²) in [6, 6.07) is 5.98. The van der Waals surface area contributed by atoms with Crippen molar-refractivity contribution in [3.63, 3.8) is 0 Å². The van der Waals surface area contributed by atoms with Crippen molar-refractivity contribution < 1.29 is 29.6 Å². The van der Waals surface area contributed by atoms with Crippen molar-refractivity contribution in [1.82, 2.24) is 5.32 Å². The highest BCUT2D eigenvalue weighted by Gasteiger charge is 2.34. The van der Waals surface area contributed by atoms with E-state index in [1.807, 2.05) is 0 Å². The molecule has 1 fully saturated rings. The number of carbonyl (C=O) groups excluding carboxylic acids is 1. The Morgan fingerprint density at radius 1 is 1.04 bits per heavy atom. The summed E-state index contributed by atoms with van der Waals surface area (Å²) in [5.74, 6) is -2.29. The number of carbonyl (C=O) groups is 1. The highest BCUT2D eigenvalue weighted by Crippen LogP contribution is 2.43. The van der Waals surface area contributed by atoms with Gasteiger partial charge in [0.05, 0.1) is 11.6 Å². The fourth-order valence-electron chi connectivity index (χ4n) is 3.51. The van der Waals surface area contributed by atoms with Crippen LogP contribution in [0.3, 0.4) is 0 Å². The zero-order valence-corrected chi connectivity index (χ0v) is 14.8. The molecule has 1 amide bonds. The van der Waals surface area contributed by atoms with Crippen molar-refractivity contribution in [3.05, 3.63) is 46.1 Å². The van der Waals surface area contributed by atoms with Crippen molar-refractivity contribution in [2.75, 3.05) is 0 Å². The van der Waals surface area contributed by atoms with Gasteiger partial charge in [0.1, 0.15) is 22.6 Å². The monoisotopic (exact) mass is 383 g/mol. The van der Waals surface area contributed by atoms with E-state index in [0.717, 1.165) is 6.07 Å². The lowest BCUT2D eigenvalue weighted by molar-refractivity contribution is -0.122. The van der Waals surface area contributed by atoms with Crippen LogP contribution in [0.1, 0.15) is 24.9 Å². The second-order valence-electron chi connectivity index (χ2n) is 6.89. The van der Waals surface area contributed by atoms with Crippen LogP contribution in [-0.2, 0) is 4.79 Å². The second kappa shape index (κ2) is 6.19. The molecule has 0 saturated carbocycles. The van der Waals surface area contributed by atoms with Crippen molar-refractivity contribution in [2.45, 2.75) is 19.4 Å². The van der Waals surface area contributed by atoms with Crippen molar-refractivity contribution in [1.29, 1.82) is 0 Å². The number of rotatable bonds is 2. The van der Waals surface area contributed by atoms with Gasteiger partial charge in [-0.1, -0.05) is 6.92 Å². The number of phenols is 3. The predicted molar refractivity (Wildman–Crippen MR) is 99.2 cm³/mol. The number of hydrogen-bond acceptors (Lipinski definition) is 7. The Morgan fingerprint density at radius 2 is 1.71 bits per heavy atom. The molecule has 144 valence electrons. The third-order valence-electron chi connectivity index (χ3n) is 4.97. The molecule has 0 aliphatic carbocycles. The molecule has 28 heavy (non-hydrogen) atoms. The Morgan fingerprint density at radius 3 is 2.32 bits per heavy atom. The lowest BCUT2D eigenvalue weighted by atomic mass is 9.97. The average Bonchev–Trinajstić information content (AvgIpc) is 2.96. The van der Waals surface area contributed by atoms with Crippen LogP contribution in [0, 0.1) is 5.92 Å². The molecule has 2 atom stereocenters. The maximum absolute atomic E-state index is 12.7. The fourth-order valence-corrected chi connectivity index (χ4v) is 3.51. The van der Waals surface area contributed by atoms with Gasteiger partial charge in [0.15, 0.2) is 11.3 Å². The van der Waals surface area contributed by atoms with E-state index >= 15 is 0 Å². The smallest absolute Gasteiger partial charge is 0.238 e. The highest BCUT2D eigenvalue weighted by atomic mass is 16.4. The van der Waals surface area contributed by atoms with E-state index in [2.05, 4.69) is 5.32 Å². The number of benzene rings is 2. The third kappa shape index (κ3) is 2.61. The van der Waals surface area contributed by atoms with Gasteiger partial charge in [0, 0.05) is 17.5 Å². The van der Waals surface area contributed by atoms with Gasteiger partial charge < -0.3 is 30.2 Å². The van der Waals surface area contributed by atoms with E-state index in [9.17, 15) is 30.0 Å². The first-order valence-corrected chi connectivity index (χ1v) is 8.62. The van der Waals surface area contributed by atoms with Gasteiger partial charge in [-0.15, -0.1) is 0 Å². The van der Waals surface area contributed by atoms with Crippen LogP contribution >= 0.6 is 0 Å². The molecule has 0 spiro atoms. The molecule has 1 aliphatic rings. The van der Waals surface area contributed by atoms with E-state index in [0.29, 0.717) is 12.0 Å². The van der Waals surface area contributed by atoms with Crippen LogP contribution in [0.15, 0.2) is 39.5 Å². The number of aromatic hydroxyl groups is 4. The average molecular weight is 383 g/mol. The molecule has 1 saturated heterocycles. The first-order valence-electron chi connectivity index (χ1n) is 8.62. The first kappa shape index (κ1) is 17.7. The molecule has 1 aromatic heterocycles. The topological polar surface area (TPSA) is 140 Å². The minimum absolute atomic E-state index is 0.00925. The highest BCUT2D eigenvalue weighted by molar-refractivity contribution is 5.92. The van der Waals surface area contributed by atoms with Crippen molar-refractivity contribution in [2.24, 2.45) is 5.92 Å². The fraction of sp³-hybridized carbons (Fsp3) is 0.200. The van der Waals surface area contributed by atoms with Crippen LogP contribution in [0.4, 0.5) is 0 Å². The molecule has 4 rings (SSSR count). The van der Waals surface area contributed by atoms with Crippen LogP contribution < -0.4 is 10.7 Å².